The van der Waals surface area contributed by atoms with Gasteiger partial charge < -0.3 is 9.47 Å². The molecule has 4 heteroatoms. The third-order valence-electron chi connectivity index (χ3n) is 1.43. The highest BCUT2D eigenvalue weighted by atomic mass is 16.6. The number of rotatable bonds is 1. The van der Waals surface area contributed by atoms with Gasteiger partial charge in [0, 0.05) is 6.08 Å². The summed E-state index contributed by atoms with van der Waals surface area (Å²) in [6, 6.07) is 0. The highest BCUT2D eigenvalue weighted by Gasteiger charge is 2.27. The molecule has 0 saturated carbocycles. The van der Waals surface area contributed by atoms with Crippen LogP contribution < -0.4 is 0 Å². The molecule has 0 amide bonds. The van der Waals surface area contributed by atoms with Crippen molar-refractivity contribution in [3.63, 3.8) is 0 Å². The summed E-state index contributed by atoms with van der Waals surface area (Å²) in [5.41, 5.74) is 0.275. The fourth-order valence-corrected chi connectivity index (χ4v) is 0.859. The molecule has 1 rings (SSSR count). The fraction of sp³-hybridized carbons (Fsp3) is 0.429. The number of ether oxygens (including phenoxy) is 2. The monoisotopic (exact) mass is 156 g/mol. The number of carbonyl (C=O) groups excluding carboxylic acids is 2. The van der Waals surface area contributed by atoms with Gasteiger partial charge in [0.05, 0.1) is 12.7 Å². The lowest BCUT2D eigenvalue weighted by Crippen LogP contribution is -2.14. The van der Waals surface area contributed by atoms with Crippen molar-refractivity contribution >= 4 is 11.9 Å². The molecule has 0 aliphatic carbocycles. The molecule has 1 aliphatic heterocycles. The van der Waals surface area contributed by atoms with E-state index in [0.29, 0.717) is 0 Å². The van der Waals surface area contributed by atoms with Gasteiger partial charge in [0.25, 0.3) is 0 Å². The molecule has 0 aromatic rings. The standard InChI is InChI=1S/C7H8O4/c1-4-5(7(9)10-2)3-6(8)11-4/h3-4H,1-2H3. The Balaban J connectivity index is 2.79. The summed E-state index contributed by atoms with van der Waals surface area (Å²) >= 11 is 0. The van der Waals surface area contributed by atoms with Crippen LogP contribution in [-0.4, -0.2) is 25.2 Å². The van der Waals surface area contributed by atoms with E-state index in [-0.39, 0.29) is 5.57 Å². The average Bonchev–Trinajstić information content (AvgIpc) is 2.28. The number of cyclic esters (lactones) is 1. The van der Waals surface area contributed by atoms with Crippen LogP contribution in [0, 0.1) is 0 Å². The maximum atomic E-state index is 10.8. The van der Waals surface area contributed by atoms with E-state index < -0.39 is 18.0 Å². The molecule has 1 heterocycles. The van der Waals surface area contributed by atoms with Crippen molar-refractivity contribution in [1.29, 1.82) is 0 Å². The van der Waals surface area contributed by atoms with Crippen LogP contribution in [0.25, 0.3) is 0 Å². The average molecular weight is 156 g/mol. The second-order valence-electron chi connectivity index (χ2n) is 2.17. The van der Waals surface area contributed by atoms with E-state index in [1.165, 1.54) is 7.11 Å². The van der Waals surface area contributed by atoms with Gasteiger partial charge in [0.2, 0.25) is 0 Å². The van der Waals surface area contributed by atoms with Gasteiger partial charge in [-0.2, -0.15) is 0 Å². The molecule has 0 radical (unpaired) electrons. The van der Waals surface area contributed by atoms with E-state index in [4.69, 9.17) is 0 Å². The zero-order chi connectivity index (χ0) is 8.43. The van der Waals surface area contributed by atoms with Crippen LogP contribution in [0.1, 0.15) is 6.92 Å². The van der Waals surface area contributed by atoms with Crippen LogP contribution >= 0.6 is 0 Å². The maximum Gasteiger partial charge on any atom is 0.337 e. The molecule has 0 N–H and O–H groups in total. The summed E-state index contributed by atoms with van der Waals surface area (Å²) < 4.78 is 9.08. The molecule has 0 aromatic heterocycles. The van der Waals surface area contributed by atoms with Crippen molar-refractivity contribution in [3.05, 3.63) is 11.6 Å². The molecule has 1 atom stereocenters. The van der Waals surface area contributed by atoms with Crippen molar-refractivity contribution in [3.8, 4) is 0 Å². The van der Waals surface area contributed by atoms with Gasteiger partial charge >= 0.3 is 11.9 Å². The van der Waals surface area contributed by atoms with Crippen LogP contribution in [-0.2, 0) is 19.1 Å². The minimum Gasteiger partial charge on any atom is -0.466 e. The first kappa shape index (κ1) is 7.78. The van der Waals surface area contributed by atoms with Crippen molar-refractivity contribution in [1.82, 2.24) is 0 Å². The van der Waals surface area contributed by atoms with E-state index in [9.17, 15) is 9.59 Å². The highest BCUT2D eigenvalue weighted by molar-refractivity contribution is 6.00. The van der Waals surface area contributed by atoms with Crippen molar-refractivity contribution in [2.24, 2.45) is 0 Å². The first-order chi connectivity index (χ1) is 5.15. The molecule has 0 fully saturated rings. The molecule has 1 aliphatic rings. The number of hydrogen-bond donors (Lipinski definition) is 0. The Morgan fingerprint density at radius 3 is 2.73 bits per heavy atom. The van der Waals surface area contributed by atoms with Crippen molar-refractivity contribution < 1.29 is 19.1 Å². The molecule has 0 spiro atoms. The number of carbonyl (C=O) groups is 2. The normalized spacial score (nSPS) is 22.5. The number of hydrogen-bond acceptors (Lipinski definition) is 4. The second kappa shape index (κ2) is 2.74. The number of methoxy groups -OCH3 is 1. The summed E-state index contributed by atoms with van der Waals surface area (Å²) in [5.74, 6) is -0.999. The summed E-state index contributed by atoms with van der Waals surface area (Å²) in [7, 11) is 1.26. The number of esters is 2. The van der Waals surface area contributed by atoms with E-state index in [1.54, 1.807) is 6.92 Å². The molecule has 11 heavy (non-hydrogen) atoms. The lowest BCUT2D eigenvalue weighted by molar-refractivity contribution is -0.139. The van der Waals surface area contributed by atoms with Gasteiger partial charge in [-0.25, -0.2) is 9.59 Å². The lowest BCUT2D eigenvalue weighted by atomic mass is 10.2. The van der Waals surface area contributed by atoms with Gasteiger partial charge in [-0.1, -0.05) is 0 Å². The molecular formula is C7H8O4. The predicted octanol–water partition coefficient (Wildman–Crippen LogP) is 0.0311. The molecule has 60 valence electrons. The topological polar surface area (TPSA) is 52.6 Å². The Bertz CT molecular complexity index is 229. The van der Waals surface area contributed by atoms with Gasteiger partial charge in [-0.15, -0.1) is 0 Å². The second-order valence-corrected chi connectivity index (χ2v) is 2.17. The third kappa shape index (κ3) is 1.39. The van der Waals surface area contributed by atoms with E-state index >= 15 is 0 Å². The van der Waals surface area contributed by atoms with Gasteiger partial charge in [-0.3, -0.25) is 0 Å². The van der Waals surface area contributed by atoms with Crippen molar-refractivity contribution in [2.75, 3.05) is 7.11 Å². The molecule has 0 aromatic carbocycles. The quantitative estimate of drug-likeness (QED) is 0.502. The zero-order valence-electron chi connectivity index (χ0n) is 6.29. The molecular weight excluding hydrogens is 148 g/mol. The van der Waals surface area contributed by atoms with Gasteiger partial charge in [0.1, 0.15) is 6.10 Å². The van der Waals surface area contributed by atoms with Crippen LogP contribution in [0.3, 0.4) is 0 Å². The first-order valence-electron chi connectivity index (χ1n) is 3.15. The highest BCUT2D eigenvalue weighted by Crippen LogP contribution is 2.15. The first-order valence-corrected chi connectivity index (χ1v) is 3.15. The maximum absolute atomic E-state index is 10.8. The molecule has 0 bridgehead atoms. The minimum atomic E-state index is -0.511. The molecule has 0 saturated heterocycles. The summed E-state index contributed by atoms with van der Waals surface area (Å²) in [6.07, 6.45) is 0.672. The third-order valence-corrected chi connectivity index (χ3v) is 1.43. The smallest absolute Gasteiger partial charge is 0.337 e. The van der Waals surface area contributed by atoms with Crippen LogP contribution in [0.15, 0.2) is 11.6 Å². The zero-order valence-corrected chi connectivity index (χ0v) is 6.29. The van der Waals surface area contributed by atoms with Crippen LogP contribution in [0.4, 0.5) is 0 Å². The van der Waals surface area contributed by atoms with Gasteiger partial charge in [0.15, 0.2) is 0 Å². The predicted molar refractivity (Wildman–Crippen MR) is 35.7 cm³/mol. The van der Waals surface area contributed by atoms with Crippen LogP contribution in [0.2, 0.25) is 0 Å². The minimum absolute atomic E-state index is 0.275. The summed E-state index contributed by atoms with van der Waals surface area (Å²) in [4.78, 5) is 21.4. The van der Waals surface area contributed by atoms with Crippen LogP contribution in [0.5, 0.6) is 0 Å². The summed E-state index contributed by atoms with van der Waals surface area (Å²) in [6.45, 7) is 1.62. The lowest BCUT2D eigenvalue weighted by Gasteiger charge is -2.04. The Labute approximate surface area is 63.8 Å². The van der Waals surface area contributed by atoms with Gasteiger partial charge in [-0.05, 0) is 6.92 Å². The summed E-state index contributed by atoms with van der Waals surface area (Å²) in [5, 5.41) is 0. The Hall–Kier alpha value is -1.32. The van der Waals surface area contributed by atoms with E-state index in [0.717, 1.165) is 6.08 Å². The Morgan fingerprint density at radius 1 is 1.73 bits per heavy atom. The Kier molecular flexibility index (Phi) is 1.94. The molecule has 4 nitrogen and oxygen atoms in total. The fourth-order valence-electron chi connectivity index (χ4n) is 0.859. The largest absolute Gasteiger partial charge is 0.466 e. The molecule has 1 unspecified atom stereocenters. The Morgan fingerprint density at radius 2 is 2.36 bits per heavy atom. The SMILES string of the molecule is COC(=O)C1=CC(=O)OC1C. The van der Waals surface area contributed by atoms with Crippen molar-refractivity contribution in [2.45, 2.75) is 13.0 Å². The van der Waals surface area contributed by atoms with E-state index in [1.807, 2.05) is 0 Å². The van der Waals surface area contributed by atoms with E-state index in [2.05, 4.69) is 9.47 Å².